The van der Waals surface area contributed by atoms with Gasteiger partial charge in [0.15, 0.2) is 0 Å². The van der Waals surface area contributed by atoms with E-state index in [0.717, 1.165) is 10.4 Å². The highest BCUT2D eigenvalue weighted by atomic mass is 35.5. The number of thiophene rings is 1. The molecule has 2 aromatic rings. The normalized spacial score (nSPS) is 16.6. The fraction of sp³-hybridized carbons (Fsp3) is 0.0667. The van der Waals surface area contributed by atoms with E-state index in [-0.39, 0.29) is 18.1 Å². The van der Waals surface area contributed by atoms with Crippen molar-refractivity contribution < 1.29 is 9.59 Å². The lowest BCUT2D eigenvalue weighted by Gasteiger charge is -2.11. The molecule has 1 fully saturated rings. The van der Waals surface area contributed by atoms with E-state index in [9.17, 15) is 9.59 Å². The third-order valence-electron chi connectivity index (χ3n) is 3.03. The Hall–Kier alpha value is -2.11. The van der Waals surface area contributed by atoms with Crippen molar-refractivity contribution in [1.29, 1.82) is 0 Å². The van der Waals surface area contributed by atoms with Crippen molar-refractivity contribution in [2.45, 2.75) is 6.54 Å². The molecule has 2 heterocycles. The predicted molar refractivity (Wildman–Crippen MR) is 82.8 cm³/mol. The Morgan fingerprint density at radius 1 is 1.14 bits per heavy atom. The van der Waals surface area contributed by atoms with Crippen molar-refractivity contribution in [2.24, 2.45) is 0 Å². The number of nitrogens with one attached hydrogen (secondary N) is 1. The molecule has 0 aliphatic carbocycles. The molecular weight excluding hydrogens is 308 g/mol. The minimum atomic E-state index is -0.405. The number of amides is 3. The lowest BCUT2D eigenvalue weighted by Crippen LogP contribution is -2.30. The first-order valence-electron chi connectivity index (χ1n) is 6.27. The summed E-state index contributed by atoms with van der Waals surface area (Å²) in [4.78, 5) is 26.2. The van der Waals surface area contributed by atoms with Gasteiger partial charge in [0, 0.05) is 4.88 Å². The van der Waals surface area contributed by atoms with Crippen molar-refractivity contribution in [3.63, 3.8) is 0 Å². The van der Waals surface area contributed by atoms with E-state index in [1.807, 2.05) is 30.3 Å². The van der Waals surface area contributed by atoms with Crippen LogP contribution < -0.4 is 5.32 Å². The second-order valence-corrected chi connectivity index (χ2v) is 6.25. The number of urea groups is 1. The number of imide groups is 1. The summed E-state index contributed by atoms with van der Waals surface area (Å²) < 4.78 is 0.639. The summed E-state index contributed by atoms with van der Waals surface area (Å²) in [6, 6.07) is 12.5. The average Bonchev–Trinajstić information content (AvgIpc) is 2.99. The number of rotatable bonds is 3. The maximum Gasteiger partial charge on any atom is 0.329 e. The van der Waals surface area contributed by atoms with Crippen LogP contribution in [-0.4, -0.2) is 16.8 Å². The van der Waals surface area contributed by atoms with Gasteiger partial charge in [-0.2, -0.15) is 0 Å². The van der Waals surface area contributed by atoms with Crippen LogP contribution in [0.25, 0.3) is 6.08 Å². The van der Waals surface area contributed by atoms with Crippen LogP contribution in [0.2, 0.25) is 4.34 Å². The van der Waals surface area contributed by atoms with Crippen LogP contribution in [0.15, 0.2) is 48.2 Å². The van der Waals surface area contributed by atoms with Gasteiger partial charge in [-0.1, -0.05) is 41.9 Å². The molecule has 3 amide bonds. The van der Waals surface area contributed by atoms with Gasteiger partial charge in [-0.05, 0) is 23.8 Å². The summed E-state index contributed by atoms with van der Waals surface area (Å²) in [5.41, 5.74) is 1.18. The molecule has 1 aliphatic rings. The summed E-state index contributed by atoms with van der Waals surface area (Å²) in [5, 5.41) is 2.59. The Morgan fingerprint density at radius 2 is 1.90 bits per heavy atom. The van der Waals surface area contributed by atoms with E-state index in [4.69, 9.17) is 11.6 Å². The van der Waals surface area contributed by atoms with Gasteiger partial charge >= 0.3 is 6.03 Å². The second-order valence-electron chi connectivity index (χ2n) is 4.51. The molecule has 0 saturated carbocycles. The lowest BCUT2D eigenvalue weighted by molar-refractivity contribution is -0.123. The Labute approximate surface area is 130 Å². The maximum absolute atomic E-state index is 12.3. The van der Waals surface area contributed by atoms with Gasteiger partial charge in [0.25, 0.3) is 5.91 Å². The highest BCUT2D eigenvalue weighted by molar-refractivity contribution is 7.17. The molecule has 0 bridgehead atoms. The molecule has 1 aliphatic heterocycles. The molecule has 0 unspecified atom stereocenters. The molecule has 3 rings (SSSR count). The first kappa shape index (κ1) is 13.9. The summed E-state index contributed by atoms with van der Waals surface area (Å²) in [7, 11) is 0. The van der Waals surface area contributed by atoms with Gasteiger partial charge in [0.05, 0.1) is 10.9 Å². The zero-order chi connectivity index (χ0) is 14.8. The van der Waals surface area contributed by atoms with Crippen LogP contribution in [0.1, 0.15) is 10.4 Å². The van der Waals surface area contributed by atoms with E-state index >= 15 is 0 Å². The number of nitrogens with zero attached hydrogens (tertiary/aromatic N) is 1. The topological polar surface area (TPSA) is 49.4 Å². The second kappa shape index (κ2) is 5.71. The molecule has 21 heavy (non-hydrogen) atoms. The molecule has 4 nitrogen and oxygen atoms in total. The molecule has 0 atom stereocenters. The minimum Gasteiger partial charge on any atom is -0.303 e. The number of benzene rings is 1. The highest BCUT2D eigenvalue weighted by Crippen LogP contribution is 2.25. The standard InChI is InChI=1S/C15H11ClN2O2S/c16-13-7-6-11(21-13)8-12-14(19)18(15(20)17-12)9-10-4-2-1-3-5-10/h1-8H,9H2,(H,17,20)/b12-8-. The quantitative estimate of drug-likeness (QED) is 0.695. The Morgan fingerprint density at radius 3 is 2.57 bits per heavy atom. The SMILES string of the molecule is O=C1N/C(=C\c2ccc(Cl)s2)C(=O)N1Cc1ccccc1. The van der Waals surface area contributed by atoms with Crippen molar-refractivity contribution in [3.8, 4) is 0 Å². The Balaban J connectivity index is 1.81. The third kappa shape index (κ3) is 2.99. The molecule has 6 heteroatoms. The summed E-state index contributed by atoms with van der Waals surface area (Å²) >= 11 is 7.20. The summed E-state index contributed by atoms with van der Waals surface area (Å²) in [6.45, 7) is 0.258. The van der Waals surface area contributed by atoms with Crippen LogP contribution in [0.4, 0.5) is 4.79 Å². The number of hydrogen-bond acceptors (Lipinski definition) is 3. The molecule has 1 aromatic carbocycles. The molecule has 0 radical (unpaired) electrons. The highest BCUT2D eigenvalue weighted by Gasteiger charge is 2.33. The monoisotopic (exact) mass is 318 g/mol. The van der Waals surface area contributed by atoms with Crippen LogP contribution in [0.5, 0.6) is 0 Å². The zero-order valence-electron chi connectivity index (χ0n) is 10.9. The fourth-order valence-corrected chi connectivity index (χ4v) is 3.03. The van der Waals surface area contributed by atoms with E-state index in [0.29, 0.717) is 4.34 Å². The molecule has 1 aromatic heterocycles. The van der Waals surface area contributed by atoms with Crippen molar-refractivity contribution >= 4 is 41.0 Å². The molecule has 0 spiro atoms. The van der Waals surface area contributed by atoms with Gasteiger partial charge in [0.2, 0.25) is 0 Å². The van der Waals surface area contributed by atoms with E-state index in [1.165, 1.54) is 16.2 Å². The smallest absolute Gasteiger partial charge is 0.303 e. The van der Waals surface area contributed by atoms with Crippen molar-refractivity contribution in [1.82, 2.24) is 10.2 Å². The summed E-state index contributed by atoms with van der Waals surface area (Å²) in [6.07, 6.45) is 1.64. The number of carbonyl (C=O) groups is 2. The molecule has 106 valence electrons. The number of hydrogen-bond donors (Lipinski definition) is 1. The minimum absolute atomic E-state index is 0.258. The number of halogens is 1. The lowest BCUT2D eigenvalue weighted by atomic mass is 10.2. The third-order valence-corrected chi connectivity index (χ3v) is 4.20. The molecular formula is C15H11ClN2O2S. The fourth-order valence-electron chi connectivity index (χ4n) is 2.03. The largest absolute Gasteiger partial charge is 0.329 e. The van der Waals surface area contributed by atoms with Gasteiger partial charge in [-0.15, -0.1) is 11.3 Å². The molecule has 1 N–H and O–H groups in total. The van der Waals surface area contributed by atoms with Crippen LogP contribution in [0, 0.1) is 0 Å². The first-order valence-corrected chi connectivity index (χ1v) is 7.47. The van der Waals surface area contributed by atoms with Gasteiger partial charge in [-0.25, -0.2) is 4.79 Å². The number of carbonyl (C=O) groups excluding carboxylic acids is 2. The zero-order valence-corrected chi connectivity index (χ0v) is 12.4. The summed E-state index contributed by atoms with van der Waals surface area (Å²) in [5.74, 6) is -0.326. The average molecular weight is 319 g/mol. The maximum atomic E-state index is 12.3. The van der Waals surface area contributed by atoms with E-state index < -0.39 is 6.03 Å². The van der Waals surface area contributed by atoms with E-state index in [1.54, 1.807) is 18.2 Å². The Bertz CT molecular complexity index is 724. The molecule has 1 saturated heterocycles. The predicted octanol–water partition coefficient (Wildman–Crippen LogP) is 3.49. The van der Waals surface area contributed by atoms with Crippen LogP contribution >= 0.6 is 22.9 Å². The van der Waals surface area contributed by atoms with E-state index in [2.05, 4.69) is 5.32 Å². The van der Waals surface area contributed by atoms with Crippen LogP contribution in [-0.2, 0) is 11.3 Å². The van der Waals surface area contributed by atoms with Crippen molar-refractivity contribution in [3.05, 3.63) is 62.9 Å². The van der Waals surface area contributed by atoms with Gasteiger partial charge < -0.3 is 5.32 Å². The van der Waals surface area contributed by atoms with Crippen molar-refractivity contribution in [2.75, 3.05) is 0 Å². The van der Waals surface area contributed by atoms with Crippen LogP contribution in [0.3, 0.4) is 0 Å². The van der Waals surface area contributed by atoms with Gasteiger partial charge in [-0.3, -0.25) is 9.69 Å². The van der Waals surface area contributed by atoms with Gasteiger partial charge in [0.1, 0.15) is 5.70 Å². The first-order chi connectivity index (χ1) is 10.1. The Kier molecular flexibility index (Phi) is 3.77.